The highest BCUT2D eigenvalue weighted by atomic mass is 35.5. The van der Waals surface area contributed by atoms with E-state index in [4.69, 9.17) is 16.3 Å². The molecule has 0 amide bonds. The molecule has 0 saturated heterocycles. The number of aryl methyl sites for hydroxylation is 1. The second-order valence-corrected chi connectivity index (χ2v) is 8.28. The minimum absolute atomic E-state index is 0.0214. The number of methoxy groups -OCH3 is 1. The van der Waals surface area contributed by atoms with Gasteiger partial charge in [-0.3, -0.25) is 4.79 Å². The molecule has 0 fully saturated rings. The molecule has 0 aromatic heterocycles. The van der Waals surface area contributed by atoms with Gasteiger partial charge in [0, 0.05) is 18.5 Å². The van der Waals surface area contributed by atoms with Gasteiger partial charge in [-0.1, -0.05) is 29.3 Å². The minimum atomic E-state index is -4.00. The van der Waals surface area contributed by atoms with E-state index in [1.807, 2.05) is 13.0 Å². The Hall–Kier alpha value is -2.09. The van der Waals surface area contributed by atoms with E-state index in [1.54, 1.807) is 12.1 Å². The van der Waals surface area contributed by atoms with Gasteiger partial charge in [0.05, 0.1) is 12.0 Å². The Labute approximate surface area is 158 Å². The second-order valence-electron chi connectivity index (χ2n) is 5.85. The first-order valence-corrected chi connectivity index (χ1v) is 9.58. The normalized spacial score (nSPS) is 12.8. The largest absolute Gasteiger partial charge is 0.496 e. The summed E-state index contributed by atoms with van der Waals surface area (Å²) in [5.74, 6) is -0.729. The Morgan fingerprint density at radius 1 is 1.23 bits per heavy atom. The molecule has 2 aromatic carbocycles. The molecule has 0 aliphatic heterocycles. The molecule has 0 heterocycles. The van der Waals surface area contributed by atoms with Crippen molar-refractivity contribution in [3.63, 3.8) is 0 Å². The van der Waals surface area contributed by atoms with Crippen LogP contribution in [0.5, 0.6) is 5.75 Å². The predicted octanol–water partition coefficient (Wildman–Crippen LogP) is 2.97. The maximum absolute atomic E-state index is 12.8. The fourth-order valence-corrected chi connectivity index (χ4v) is 4.03. The van der Waals surface area contributed by atoms with Gasteiger partial charge in [-0.05, 0) is 42.8 Å². The lowest BCUT2D eigenvalue weighted by Crippen LogP contribution is -2.43. The number of halogens is 1. The molecule has 0 aliphatic carbocycles. The van der Waals surface area contributed by atoms with Gasteiger partial charge in [-0.15, -0.1) is 0 Å². The van der Waals surface area contributed by atoms with Crippen molar-refractivity contribution < 1.29 is 23.1 Å². The summed E-state index contributed by atoms with van der Waals surface area (Å²) in [7, 11) is -1.26. The highest BCUT2D eigenvalue weighted by Gasteiger charge is 2.33. The first-order valence-electron chi connectivity index (χ1n) is 7.76. The lowest BCUT2D eigenvalue weighted by Gasteiger charge is -2.25. The van der Waals surface area contributed by atoms with Gasteiger partial charge in [-0.2, -0.15) is 4.31 Å². The van der Waals surface area contributed by atoms with E-state index in [1.165, 1.54) is 38.4 Å². The van der Waals surface area contributed by atoms with Gasteiger partial charge in [0.1, 0.15) is 11.8 Å². The maximum atomic E-state index is 12.8. The number of hydrogen-bond acceptors (Lipinski definition) is 4. The van der Waals surface area contributed by atoms with Crippen LogP contribution < -0.4 is 4.74 Å². The molecule has 0 aliphatic rings. The molecule has 26 heavy (non-hydrogen) atoms. The Balaban J connectivity index is 2.39. The molecule has 2 rings (SSSR count). The zero-order chi connectivity index (χ0) is 19.5. The van der Waals surface area contributed by atoms with Gasteiger partial charge < -0.3 is 9.84 Å². The third-order valence-electron chi connectivity index (χ3n) is 4.06. The second kappa shape index (κ2) is 8.07. The molecule has 1 atom stereocenters. The highest BCUT2D eigenvalue weighted by Crippen LogP contribution is 2.25. The molecule has 140 valence electrons. The number of sulfonamides is 1. The Morgan fingerprint density at radius 2 is 1.85 bits per heavy atom. The van der Waals surface area contributed by atoms with Crippen molar-refractivity contribution in [3.05, 3.63) is 58.6 Å². The molecule has 1 N–H and O–H groups in total. The van der Waals surface area contributed by atoms with E-state index in [0.717, 1.165) is 9.87 Å². The molecule has 8 heteroatoms. The highest BCUT2D eigenvalue weighted by molar-refractivity contribution is 7.89. The average Bonchev–Trinajstić information content (AvgIpc) is 2.59. The molecule has 0 radical (unpaired) electrons. The zero-order valence-electron chi connectivity index (χ0n) is 14.6. The zero-order valence-corrected chi connectivity index (χ0v) is 16.2. The molecule has 6 nitrogen and oxygen atoms in total. The van der Waals surface area contributed by atoms with Crippen molar-refractivity contribution in [2.75, 3.05) is 14.2 Å². The van der Waals surface area contributed by atoms with E-state index in [2.05, 4.69) is 0 Å². The summed E-state index contributed by atoms with van der Waals surface area (Å²) in [6, 6.07) is 9.66. The SMILES string of the molecule is COc1ccc(C)cc1C[C@@H](C(=O)O)N(C)S(=O)(=O)c1ccc(Cl)cc1. The third-order valence-corrected chi connectivity index (χ3v) is 6.20. The number of carboxylic acids is 1. The first-order chi connectivity index (χ1) is 12.2. The van der Waals surface area contributed by atoms with Gasteiger partial charge in [0.15, 0.2) is 0 Å². The van der Waals surface area contributed by atoms with E-state index < -0.39 is 22.0 Å². The summed E-state index contributed by atoms with van der Waals surface area (Å²) in [6.07, 6.45) is -0.0243. The minimum Gasteiger partial charge on any atom is -0.496 e. The summed E-state index contributed by atoms with van der Waals surface area (Å²) in [5.41, 5.74) is 1.55. The van der Waals surface area contributed by atoms with Gasteiger partial charge in [-0.25, -0.2) is 8.42 Å². The van der Waals surface area contributed by atoms with Crippen molar-refractivity contribution >= 4 is 27.6 Å². The van der Waals surface area contributed by atoms with Crippen molar-refractivity contribution in [3.8, 4) is 5.75 Å². The fourth-order valence-electron chi connectivity index (χ4n) is 2.59. The van der Waals surface area contributed by atoms with Crippen molar-refractivity contribution in [1.82, 2.24) is 4.31 Å². The smallest absolute Gasteiger partial charge is 0.322 e. The Kier molecular flexibility index (Phi) is 6.28. The standard InChI is InChI=1S/C18H20ClNO5S/c1-12-4-9-17(25-3)13(10-12)11-16(18(21)22)20(2)26(23,24)15-7-5-14(19)6-8-15/h4-10,16H,11H2,1-3H3,(H,21,22)/t16-/m0/s1. The van der Waals surface area contributed by atoms with Crippen LogP contribution in [-0.4, -0.2) is 44.0 Å². The van der Waals surface area contributed by atoms with E-state index >= 15 is 0 Å². The number of rotatable bonds is 7. The quantitative estimate of drug-likeness (QED) is 0.776. The Morgan fingerprint density at radius 3 is 2.38 bits per heavy atom. The van der Waals surface area contributed by atoms with Crippen LogP contribution in [0.25, 0.3) is 0 Å². The van der Waals surface area contributed by atoms with Crippen LogP contribution in [0.4, 0.5) is 0 Å². The number of ether oxygens (including phenoxy) is 1. The summed E-state index contributed by atoms with van der Waals surface area (Å²) in [5, 5.41) is 10.0. The van der Waals surface area contributed by atoms with Crippen LogP contribution in [0, 0.1) is 6.92 Å². The fraction of sp³-hybridized carbons (Fsp3) is 0.278. The summed E-state index contributed by atoms with van der Waals surface area (Å²) >= 11 is 5.79. The van der Waals surface area contributed by atoms with Crippen LogP contribution in [0.15, 0.2) is 47.4 Å². The molecule has 0 bridgehead atoms. The van der Waals surface area contributed by atoms with Crippen molar-refractivity contribution in [2.24, 2.45) is 0 Å². The number of aliphatic carboxylic acids is 1. The molecule has 0 spiro atoms. The molecular formula is C18H20ClNO5S. The lowest BCUT2D eigenvalue weighted by atomic mass is 10.0. The number of likely N-dealkylation sites (N-methyl/N-ethyl adjacent to an activating group) is 1. The van der Waals surface area contributed by atoms with Crippen LogP contribution >= 0.6 is 11.6 Å². The molecule has 0 saturated carbocycles. The van der Waals surface area contributed by atoms with Crippen molar-refractivity contribution in [2.45, 2.75) is 24.3 Å². The van der Waals surface area contributed by atoms with Crippen LogP contribution in [0.2, 0.25) is 5.02 Å². The topological polar surface area (TPSA) is 83.9 Å². The predicted molar refractivity (Wildman–Crippen MR) is 99.3 cm³/mol. The van der Waals surface area contributed by atoms with Gasteiger partial charge in [0.25, 0.3) is 0 Å². The van der Waals surface area contributed by atoms with E-state index in [-0.39, 0.29) is 11.3 Å². The van der Waals surface area contributed by atoms with Crippen LogP contribution in [0.3, 0.4) is 0 Å². The number of carbonyl (C=O) groups is 1. The van der Waals surface area contributed by atoms with Crippen molar-refractivity contribution in [1.29, 1.82) is 0 Å². The average molecular weight is 398 g/mol. The number of nitrogens with zero attached hydrogens (tertiary/aromatic N) is 1. The summed E-state index contributed by atoms with van der Waals surface area (Å²) in [4.78, 5) is 11.8. The number of carboxylic acid groups (broad SMARTS) is 1. The lowest BCUT2D eigenvalue weighted by molar-refractivity contribution is -0.141. The Bertz CT molecular complexity index is 896. The molecule has 2 aromatic rings. The number of benzene rings is 2. The summed E-state index contributed by atoms with van der Waals surface area (Å²) < 4.78 is 31.7. The maximum Gasteiger partial charge on any atom is 0.322 e. The molecular weight excluding hydrogens is 378 g/mol. The number of hydrogen-bond donors (Lipinski definition) is 1. The molecule has 0 unspecified atom stereocenters. The first kappa shape index (κ1) is 20.2. The van der Waals surface area contributed by atoms with E-state index in [0.29, 0.717) is 16.3 Å². The van der Waals surface area contributed by atoms with Gasteiger partial charge in [0.2, 0.25) is 10.0 Å². The van der Waals surface area contributed by atoms with Crippen LogP contribution in [0.1, 0.15) is 11.1 Å². The monoisotopic (exact) mass is 397 g/mol. The van der Waals surface area contributed by atoms with Crippen LogP contribution in [-0.2, 0) is 21.2 Å². The van der Waals surface area contributed by atoms with E-state index in [9.17, 15) is 18.3 Å². The third kappa shape index (κ3) is 4.35. The summed E-state index contributed by atoms with van der Waals surface area (Å²) in [6.45, 7) is 1.87. The van der Waals surface area contributed by atoms with Gasteiger partial charge >= 0.3 is 5.97 Å².